The fourth-order valence-electron chi connectivity index (χ4n) is 4.99. The van der Waals surface area contributed by atoms with Crippen LogP contribution in [0.2, 0.25) is 0 Å². The lowest BCUT2D eigenvalue weighted by Crippen LogP contribution is -2.45. The van der Waals surface area contributed by atoms with Crippen LogP contribution >= 0.6 is 0 Å². The molecule has 2 aliphatic rings. The molecule has 0 bridgehead atoms. The molecule has 1 amide bonds. The number of nitrogens with one attached hydrogen (secondary N) is 1. The molecule has 1 N–H and O–H groups in total. The molecule has 1 aliphatic heterocycles. The van der Waals surface area contributed by atoms with Crippen molar-refractivity contribution in [1.29, 1.82) is 0 Å². The van der Waals surface area contributed by atoms with Crippen LogP contribution in [-0.4, -0.2) is 57.0 Å². The Morgan fingerprint density at radius 1 is 0.778 bits per heavy atom. The lowest BCUT2D eigenvalue weighted by Gasteiger charge is -2.33. The number of benzene rings is 2. The SMILES string of the molecule is O=C(CN(C1CCCCC1)S(=O)(=O)c1ccc(S(=O)(=O)N2CCCCCC2)cc1)Nc1ccccc1. The number of hydrogen-bond donors (Lipinski definition) is 1. The first-order valence-electron chi connectivity index (χ1n) is 12.8. The Bertz CT molecular complexity index is 1220. The van der Waals surface area contributed by atoms with Gasteiger partial charge in [-0.3, -0.25) is 4.79 Å². The van der Waals surface area contributed by atoms with Crippen molar-refractivity contribution < 1.29 is 21.6 Å². The Morgan fingerprint density at radius 2 is 1.33 bits per heavy atom. The van der Waals surface area contributed by atoms with Gasteiger partial charge in [0.25, 0.3) is 0 Å². The Hall–Kier alpha value is -2.27. The van der Waals surface area contributed by atoms with E-state index in [-0.39, 0.29) is 22.4 Å². The Labute approximate surface area is 214 Å². The van der Waals surface area contributed by atoms with Gasteiger partial charge in [-0.15, -0.1) is 0 Å². The van der Waals surface area contributed by atoms with Crippen LogP contribution in [0.1, 0.15) is 57.8 Å². The molecular formula is C26H35N3O5S2. The molecule has 10 heteroatoms. The van der Waals surface area contributed by atoms with E-state index in [0.717, 1.165) is 44.9 Å². The maximum atomic E-state index is 13.7. The van der Waals surface area contributed by atoms with E-state index in [1.54, 1.807) is 24.3 Å². The summed E-state index contributed by atoms with van der Waals surface area (Å²) in [6.07, 6.45) is 7.92. The van der Waals surface area contributed by atoms with Gasteiger partial charge < -0.3 is 5.32 Å². The van der Waals surface area contributed by atoms with Gasteiger partial charge in [0.15, 0.2) is 0 Å². The van der Waals surface area contributed by atoms with Gasteiger partial charge >= 0.3 is 0 Å². The van der Waals surface area contributed by atoms with Gasteiger partial charge in [-0.25, -0.2) is 16.8 Å². The van der Waals surface area contributed by atoms with Crippen LogP contribution in [0.25, 0.3) is 0 Å². The van der Waals surface area contributed by atoms with Crippen LogP contribution in [0.3, 0.4) is 0 Å². The van der Waals surface area contributed by atoms with Crippen molar-refractivity contribution in [2.75, 3.05) is 25.0 Å². The summed E-state index contributed by atoms with van der Waals surface area (Å²) >= 11 is 0. The number of amides is 1. The molecule has 36 heavy (non-hydrogen) atoms. The van der Waals surface area contributed by atoms with E-state index >= 15 is 0 Å². The van der Waals surface area contributed by atoms with Crippen molar-refractivity contribution in [3.63, 3.8) is 0 Å². The number of sulfonamides is 2. The first-order chi connectivity index (χ1) is 17.3. The van der Waals surface area contributed by atoms with Gasteiger partial charge in [0.2, 0.25) is 26.0 Å². The minimum atomic E-state index is -4.02. The summed E-state index contributed by atoms with van der Waals surface area (Å²) in [6.45, 7) is 0.665. The molecule has 2 aromatic rings. The highest BCUT2D eigenvalue weighted by Crippen LogP contribution is 2.29. The van der Waals surface area contributed by atoms with E-state index in [1.807, 2.05) is 6.07 Å². The molecular weight excluding hydrogens is 498 g/mol. The minimum Gasteiger partial charge on any atom is -0.325 e. The van der Waals surface area contributed by atoms with E-state index < -0.39 is 26.0 Å². The topological polar surface area (TPSA) is 104 Å². The largest absolute Gasteiger partial charge is 0.325 e. The summed E-state index contributed by atoms with van der Waals surface area (Å²) in [5.74, 6) is -0.407. The third-order valence-electron chi connectivity index (χ3n) is 6.97. The molecule has 1 aliphatic carbocycles. The maximum Gasteiger partial charge on any atom is 0.243 e. The fourth-order valence-corrected chi connectivity index (χ4v) is 8.15. The summed E-state index contributed by atoms with van der Waals surface area (Å²) < 4.78 is 56.4. The van der Waals surface area contributed by atoms with E-state index in [0.29, 0.717) is 31.6 Å². The molecule has 0 atom stereocenters. The number of carbonyl (C=O) groups excluding carboxylic acids is 1. The standard InChI is InChI=1S/C26H35N3O5S2/c30-26(27-22-11-5-3-6-12-22)21-29(23-13-7-4-8-14-23)36(33,34)25-17-15-24(16-18-25)35(31,32)28-19-9-1-2-10-20-28/h3,5-6,11-12,15-18,23H,1-2,4,7-10,13-14,19-21H2,(H,27,30). The van der Waals surface area contributed by atoms with Gasteiger partial charge in [0, 0.05) is 24.8 Å². The van der Waals surface area contributed by atoms with Crippen LogP contribution in [0.5, 0.6) is 0 Å². The lowest BCUT2D eigenvalue weighted by molar-refractivity contribution is -0.116. The van der Waals surface area contributed by atoms with Gasteiger partial charge in [-0.05, 0) is 62.1 Å². The highest BCUT2D eigenvalue weighted by Gasteiger charge is 2.34. The van der Waals surface area contributed by atoms with Crippen molar-refractivity contribution in [2.24, 2.45) is 0 Å². The monoisotopic (exact) mass is 533 g/mol. The van der Waals surface area contributed by atoms with Crippen molar-refractivity contribution in [2.45, 2.75) is 73.6 Å². The number of carbonyl (C=O) groups is 1. The van der Waals surface area contributed by atoms with E-state index in [9.17, 15) is 21.6 Å². The second kappa shape index (κ2) is 11.9. The Kier molecular flexibility index (Phi) is 8.82. The first-order valence-corrected chi connectivity index (χ1v) is 15.6. The highest BCUT2D eigenvalue weighted by atomic mass is 32.2. The predicted octanol–water partition coefficient (Wildman–Crippen LogP) is 4.21. The number of hydrogen-bond acceptors (Lipinski definition) is 5. The number of nitrogens with zero attached hydrogens (tertiary/aromatic N) is 2. The number of rotatable bonds is 8. The third kappa shape index (κ3) is 6.34. The van der Waals surface area contributed by atoms with Gasteiger partial charge in [0.1, 0.15) is 0 Å². The van der Waals surface area contributed by atoms with Gasteiger partial charge in [-0.2, -0.15) is 8.61 Å². The summed E-state index contributed by atoms with van der Waals surface area (Å²) in [7, 11) is -7.70. The molecule has 0 unspecified atom stereocenters. The molecule has 4 rings (SSSR count). The minimum absolute atomic E-state index is 0.00426. The Balaban J connectivity index is 1.56. The van der Waals surface area contributed by atoms with E-state index in [4.69, 9.17) is 0 Å². The molecule has 1 saturated heterocycles. The molecule has 0 spiro atoms. The van der Waals surface area contributed by atoms with E-state index in [2.05, 4.69) is 5.32 Å². The summed E-state index contributed by atoms with van der Waals surface area (Å²) in [5, 5.41) is 2.78. The first kappa shape index (κ1) is 26.8. The highest BCUT2D eigenvalue weighted by molar-refractivity contribution is 7.89. The van der Waals surface area contributed by atoms with Crippen molar-refractivity contribution >= 4 is 31.6 Å². The molecule has 0 aromatic heterocycles. The van der Waals surface area contributed by atoms with Crippen LogP contribution in [0.4, 0.5) is 5.69 Å². The number of para-hydroxylation sites is 1. The van der Waals surface area contributed by atoms with Gasteiger partial charge in [-0.1, -0.05) is 50.3 Å². The van der Waals surface area contributed by atoms with Crippen molar-refractivity contribution in [3.05, 3.63) is 54.6 Å². The molecule has 0 radical (unpaired) electrons. The molecule has 8 nitrogen and oxygen atoms in total. The van der Waals surface area contributed by atoms with Crippen LogP contribution in [-0.2, 0) is 24.8 Å². The zero-order chi connectivity index (χ0) is 25.6. The second-order valence-electron chi connectivity index (χ2n) is 9.55. The predicted molar refractivity (Wildman–Crippen MR) is 140 cm³/mol. The molecule has 1 saturated carbocycles. The van der Waals surface area contributed by atoms with Gasteiger partial charge in [0.05, 0.1) is 16.3 Å². The summed E-state index contributed by atoms with van der Waals surface area (Å²) in [4.78, 5) is 12.9. The fraction of sp³-hybridized carbons (Fsp3) is 0.500. The zero-order valence-electron chi connectivity index (χ0n) is 20.5. The summed E-state index contributed by atoms with van der Waals surface area (Å²) in [6, 6.07) is 14.1. The molecule has 2 fully saturated rings. The number of anilines is 1. The van der Waals surface area contributed by atoms with Crippen LogP contribution < -0.4 is 5.32 Å². The summed E-state index contributed by atoms with van der Waals surface area (Å²) in [5.41, 5.74) is 0.603. The van der Waals surface area contributed by atoms with Crippen molar-refractivity contribution in [1.82, 2.24) is 8.61 Å². The van der Waals surface area contributed by atoms with Crippen LogP contribution in [0.15, 0.2) is 64.4 Å². The normalized spacial score (nSPS) is 18.6. The quantitative estimate of drug-likeness (QED) is 0.547. The molecule has 196 valence electrons. The second-order valence-corrected chi connectivity index (χ2v) is 13.4. The van der Waals surface area contributed by atoms with Crippen LogP contribution in [0, 0.1) is 0 Å². The maximum absolute atomic E-state index is 13.7. The lowest BCUT2D eigenvalue weighted by atomic mass is 9.95. The third-order valence-corrected chi connectivity index (χ3v) is 10.8. The zero-order valence-corrected chi connectivity index (χ0v) is 22.1. The average Bonchev–Trinajstić information content (AvgIpc) is 3.19. The van der Waals surface area contributed by atoms with Crippen molar-refractivity contribution in [3.8, 4) is 0 Å². The molecule has 1 heterocycles. The molecule has 2 aromatic carbocycles. The Morgan fingerprint density at radius 3 is 1.94 bits per heavy atom. The van der Waals surface area contributed by atoms with E-state index in [1.165, 1.54) is 32.9 Å². The average molecular weight is 534 g/mol. The smallest absolute Gasteiger partial charge is 0.243 e.